The number of nitrogens with one attached hydrogen (secondary N) is 3. The van der Waals surface area contributed by atoms with Crippen molar-refractivity contribution in [1.29, 1.82) is 5.26 Å². The Morgan fingerprint density at radius 2 is 1.64 bits per heavy atom. The number of carbonyl (C=O) groups is 4. The zero-order valence-corrected chi connectivity index (χ0v) is 41.2. The van der Waals surface area contributed by atoms with Crippen molar-refractivity contribution in [1.82, 2.24) is 25.8 Å². The predicted octanol–water partition coefficient (Wildman–Crippen LogP) is 9.12. The summed E-state index contributed by atoms with van der Waals surface area (Å²) in [4.78, 5) is 61.3. The smallest absolute Gasteiger partial charge is 0.251 e. The molecule has 352 valence electrons. The van der Waals surface area contributed by atoms with Gasteiger partial charge in [0.15, 0.2) is 0 Å². The van der Waals surface area contributed by atoms with E-state index < -0.39 is 23.6 Å². The summed E-state index contributed by atoms with van der Waals surface area (Å²) in [6.45, 7) is 17.8. The first-order chi connectivity index (χ1) is 31.1. The highest BCUT2D eigenvalue weighted by Crippen LogP contribution is 2.55. The first-order valence-electron chi connectivity index (χ1n) is 23.0. The quantitative estimate of drug-likeness (QED) is 0.0759. The van der Waals surface area contributed by atoms with Crippen LogP contribution in [0.2, 0.25) is 5.02 Å². The lowest BCUT2D eigenvalue weighted by Gasteiger charge is -2.63. The third-order valence-corrected chi connectivity index (χ3v) is 14.6. The number of aliphatic hydroxyl groups excluding tert-OH is 1. The molecule has 1 aromatic heterocycles. The number of nitrogens with zero attached hydrogens (tertiary/aromatic N) is 3. The Morgan fingerprint density at radius 3 is 2.24 bits per heavy atom. The number of ether oxygens (including phenoxy) is 1. The third kappa shape index (κ3) is 11.4. The van der Waals surface area contributed by atoms with Crippen LogP contribution in [0.1, 0.15) is 133 Å². The molecule has 0 bridgehead atoms. The summed E-state index contributed by atoms with van der Waals surface area (Å²) in [6, 6.07) is 20.6. The Hall–Kier alpha value is -5.29. The molecule has 4 N–H and O–H groups in total. The molecule has 2 fully saturated rings. The standard InChI is InChI=1S/C52H65ClN6O6S/c1-31(34-20-22-35(23-21-34)43-32(2)55-30-66-43)56-46(63)41-26-38(60)29-59(41)47(64)44(50(3,4)5)57-42(61)15-13-11-10-12-14-33-16-18-36(19-17-33)45(62)58-48-51(6,7)49(52(48,8)9)65-39-25-24-37(28-54)40(53)27-39/h16-25,27,30-31,38,41,44,48-49,60H,10-15,26,29H2,1-9H3,(H,56,63)(H,57,61)(H,58,62)/t31-,38+,41?,44+,48?,49?/m0/s1. The maximum atomic E-state index is 14.1. The van der Waals surface area contributed by atoms with Crippen LogP contribution >= 0.6 is 22.9 Å². The van der Waals surface area contributed by atoms with Crippen molar-refractivity contribution in [2.45, 2.75) is 144 Å². The molecule has 3 aromatic carbocycles. The molecule has 0 spiro atoms. The number of aromatic nitrogens is 1. The number of aryl methyl sites for hydroxylation is 2. The predicted molar refractivity (Wildman–Crippen MR) is 259 cm³/mol. The van der Waals surface area contributed by atoms with Crippen LogP contribution in [0.5, 0.6) is 5.75 Å². The first-order valence-corrected chi connectivity index (χ1v) is 24.2. The van der Waals surface area contributed by atoms with E-state index in [2.05, 4.69) is 54.7 Å². The molecule has 0 radical (unpaired) electrons. The largest absolute Gasteiger partial charge is 0.489 e. The SMILES string of the molecule is Cc1ncsc1-c1ccc([C@H](C)NC(=O)C2C[C@@H](O)CN2C(=O)[C@@H](NC(=O)CCCCCCc2ccc(C(=O)NC3C(C)(C)C(Oc4ccc(C#N)c(Cl)c4)C3(C)C)cc2)C(C)(C)C)cc1. The molecule has 6 rings (SSSR count). The van der Waals surface area contributed by atoms with Crippen molar-refractivity contribution >= 4 is 46.6 Å². The lowest BCUT2D eigenvalue weighted by Crippen LogP contribution is -2.74. The second kappa shape index (κ2) is 20.7. The fourth-order valence-corrected chi connectivity index (χ4v) is 10.9. The molecule has 1 aliphatic carbocycles. The number of β-amino-alcohol motifs (C(OH)–C–C–N with tert-alkyl or cyclic N) is 1. The van der Waals surface area contributed by atoms with Crippen LogP contribution < -0.4 is 20.7 Å². The van der Waals surface area contributed by atoms with Crippen LogP contribution in [0.3, 0.4) is 0 Å². The molecular weight excluding hydrogens is 872 g/mol. The zero-order chi connectivity index (χ0) is 48.1. The Labute approximate surface area is 398 Å². The molecule has 14 heteroatoms. The van der Waals surface area contributed by atoms with Gasteiger partial charge in [0.25, 0.3) is 5.91 Å². The summed E-state index contributed by atoms with van der Waals surface area (Å²) in [5.41, 5.74) is 5.47. The second-order valence-corrected chi connectivity index (χ2v) is 21.6. The van der Waals surface area contributed by atoms with E-state index >= 15 is 0 Å². The van der Waals surface area contributed by atoms with Crippen LogP contribution in [0.25, 0.3) is 10.4 Å². The van der Waals surface area contributed by atoms with Crippen molar-refractivity contribution in [3.8, 4) is 22.3 Å². The van der Waals surface area contributed by atoms with E-state index in [1.165, 1.54) is 4.90 Å². The molecule has 1 saturated carbocycles. The minimum absolute atomic E-state index is 0.0134. The highest BCUT2D eigenvalue weighted by atomic mass is 35.5. The number of thiazole rings is 1. The van der Waals surface area contributed by atoms with E-state index in [4.69, 9.17) is 16.3 Å². The van der Waals surface area contributed by atoms with Crippen LogP contribution in [-0.2, 0) is 20.8 Å². The number of carbonyl (C=O) groups excluding carboxylic acids is 4. The highest BCUT2D eigenvalue weighted by molar-refractivity contribution is 7.13. The summed E-state index contributed by atoms with van der Waals surface area (Å²) in [6.07, 6.45) is 3.50. The van der Waals surface area contributed by atoms with Gasteiger partial charge in [0.1, 0.15) is 30.0 Å². The van der Waals surface area contributed by atoms with E-state index in [-0.39, 0.29) is 72.0 Å². The van der Waals surface area contributed by atoms with Gasteiger partial charge in [-0.05, 0) is 79.5 Å². The van der Waals surface area contributed by atoms with Gasteiger partial charge >= 0.3 is 0 Å². The summed E-state index contributed by atoms with van der Waals surface area (Å²) in [7, 11) is 0. The van der Waals surface area contributed by atoms with Crippen LogP contribution in [0.4, 0.5) is 0 Å². The van der Waals surface area contributed by atoms with Gasteiger partial charge in [0.2, 0.25) is 17.7 Å². The van der Waals surface area contributed by atoms with Gasteiger partial charge in [-0.3, -0.25) is 19.2 Å². The van der Waals surface area contributed by atoms with Gasteiger partial charge in [0.05, 0.1) is 38.8 Å². The fraction of sp³-hybridized carbons (Fsp3) is 0.500. The number of hydrogen-bond donors (Lipinski definition) is 4. The molecule has 4 amide bonds. The number of amides is 4. The number of nitriles is 1. The summed E-state index contributed by atoms with van der Waals surface area (Å²) < 4.78 is 6.37. The lowest BCUT2D eigenvalue weighted by molar-refractivity contribution is -0.164. The monoisotopic (exact) mass is 936 g/mol. The number of unbranched alkanes of at least 4 members (excludes halogenated alkanes) is 3. The molecule has 1 aliphatic heterocycles. The van der Waals surface area contributed by atoms with Crippen molar-refractivity contribution in [2.75, 3.05) is 6.54 Å². The molecule has 2 heterocycles. The molecule has 2 aliphatic rings. The van der Waals surface area contributed by atoms with E-state index in [1.54, 1.807) is 29.5 Å². The fourth-order valence-electron chi connectivity index (χ4n) is 9.85. The van der Waals surface area contributed by atoms with Gasteiger partial charge in [-0.1, -0.05) is 109 Å². The van der Waals surface area contributed by atoms with E-state index in [0.717, 1.165) is 52.9 Å². The first kappa shape index (κ1) is 50.1. The average molecular weight is 938 g/mol. The molecule has 1 unspecified atom stereocenters. The Morgan fingerprint density at radius 1 is 0.970 bits per heavy atom. The second-order valence-electron chi connectivity index (χ2n) is 20.3. The molecule has 4 atom stereocenters. The number of benzene rings is 3. The average Bonchev–Trinajstić information content (AvgIpc) is 3.89. The van der Waals surface area contributed by atoms with Crippen molar-refractivity contribution in [3.63, 3.8) is 0 Å². The zero-order valence-electron chi connectivity index (χ0n) is 39.7. The third-order valence-electron chi connectivity index (χ3n) is 13.3. The molecule has 4 aromatic rings. The van der Waals surface area contributed by atoms with Crippen molar-refractivity contribution < 1.29 is 29.0 Å². The summed E-state index contributed by atoms with van der Waals surface area (Å²) in [5, 5.41) is 29.5. The number of rotatable bonds is 17. The number of halogens is 1. The Balaban J connectivity index is 0.925. The normalized spacial score (nSPS) is 20.6. The van der Waals surface area contributed by atoms with Crippen molar-refractivity contribution in [2.24, 2.45) is 16.2 Å². The summed E-state index contributed by atoms with van der Waals surface area (Å²) >= 11 is 7.83. The topological polar surface area (TPSA) is 174 Å². The minimum Gasteiger partial charge on any atom is -0.489 e. The molecule has 1 saturated heterocycles. The molecular formula is C52H65ClN6O6S. The van der Waals surface area contributed by atoms with E-state index in [1.807, 2.05) is 88.7 Å². The van der Waals surface area contributed by atoms with Gasteiger partial charge in [-0.2, -0.15) is 5.26 Å². The van der Waals surface area contributed by atoms with Gasteiger partial charge < -0.3 is 30.7 Å². The van der Waals surface area contributed by atoms with E-state index in [0.29, 0.717) is 28.3 Å². The van der Waals surface area contributed by atoms with Gasteiger partial charge in [-0.25, -0.2) is 4.98 Å². The Bertz CT molecular complexity index is 2400. The number of hydrogen-bond acceptors (Lipinski definition) is 9. The minimum atomic E-state index is -0.881. The van der Waals surface area contributed by atoms with Gasteiger partial charge in [0, 0.05) is 47.9 Å². The lowest BCUT2D eigenvalue weighted by atomic mass is 9.49. The number of aliphatic hydroxyl groups is 1. The van der Waals surface area contributed by atoms with Crippen LogP contribution in [-0.4, -0.2) is 75.5 Å². The molecule has 12 nitrogen and oxygen atoms in total. The maximum Gasteiger partial charge on any atom is 0.251 e. The van der Waals surface area contributed by atoms with Gasteiger partial charge in [-0.15, -0.1) is 11.3 Å². The van der Waals surface area contributed by atoms with E-state index in [9.17, 15) is 29.5 Å². The van der Waals surface area contributed by atoms with Crippen molar-refractivity contribution in [3.05, 3.63) is 105 Å². The Kier molecular flexibility index (Phi) is 15.7. The maximum absolute atomic E-state index is 14.1. The van der Waals surface area contributed by atoms with Crippen LogP contribution in [0.15, 0.2) is 72.2 Å². The molecule has 66 heavy (non-hydrogen) atoms. The highest BCUT2D eigenvalue weighted by Gasteiger charge is 2.64. The number of likely N-dealkylation sites (tertiary alicyclic amines) is 1. The van der Waals surface area contributed by atoms with Crippen LogP contribution in [0, 0.1) is 34.5 Å². The summed E-state index contributed by atoms with van der Waals surface area (Å²) in [5.74, 6) is -0.511.